The normalized spacial score (nSPS) is 12.3. The highest BCUT2D eigenvalue weighted by Crippen LogP contribution is 2.25. The third-order valence-corrected chi connectivity index (χ3v) is 4.27. The Hall–Kier alpha value is -1.53. The van der Waals surface area contributed by atoms with Gasteiger partial charge in [-0.2, -0.15) is 5.26 Å². The lowest BCUT2D eigenvalue weighted by atomic mass is 10.1. The number of thioether (sulfide) groups is 1. The minimum absolute atomic E-state index is 0.675. The predicted molar refractivity (Wildman–Crippen MR) is 76.6 cm³/mol. The molecule has 2 nitrogen and oxygen atoms in total. The van der Waals surface area contributed by atoms with E-state index in [2.05, 4.69) is 24.9 Å². The molecular weight excluding hydrogens is 240 g/mol. The highest BCUT2D eigenvalue weighted by atomic mass is 32.2. The van der Waals surface area contributed by atoms with Crippen molar-refractivity contribution < 1.29 is 0 Å². The van der Waals surface area contributed by atoms with Gasteiger partial charge in [-0.1, -0.05) is 38.5 Å². The van der Waals surface area contributed by atoms with E-state index >= 15 is 0 Å². The summed E-state index contributed by atoms with van der Waals surface area (Å²) in [4.78, 5) is 4.60. The van der Waals surface area contributed by atoms with Crippen molar-refractivity contribution in [3.63, 3.8) is 0 Å². The highest BCUT2D eigenvalue weighted by molar-refractivity contribution is 7.99. The SMILES string of the molecule is CCC(C)CSc1cc(C#N)c2ccccc2n1. The minimum Gasteiger partial charge on any atom is -0.241 e. The number of nitriles is 1. The van der Waals surface area contributed by atoms with Crippen LogP contribution in [-0.4, -0.2) is 10.7 Å². The zero-order valence-electron chi connectivity index (χ0n) is 10.7. The van der Waals surface area contributed by atoms with Crippen LogP contribution in [0.4, 0.5) is 0 Å². The summed E-state index contributed by atoms with van der Waals surface area (Å²) in [6.07, 6.45) is 1.17. The number of fused-ring (bicyclic) bond motifs is 1. The molecule has 0 spiro atoms. The molecule has 0 N–H and O–H groups in total. The van der Waals surface area contributed by atoms with Crippen LogP contribution in [0, 0.1) is 17.2 Å². The van der Waals surface area contributed by atoms with E-state index in [1.54, 1.807) is 11.8 Å². The summed E-state index contributed by atoms with van der Waals surface area (Å²) < 4.78 is 0. The number of pyridine rings is 1. The zero-order valence-corrected chi connectivity index (χ0v) is 11.5. The highest BCUT2D eigenvalue weighted by Gasteiger charge is 2.07. The van der Waals surface area contributed by atoms with Crippen LogP contribution in [0.2, 0.25) is 0 Å². The van der Waals surface area contributed by atoms with Crippen LogP contribution < -0.4 is 0 Å². The zero-order chi connectivity index (χ0) is 13.0. The summed E-state index contributed by atoms with van der Waals surface area (Å²) in [7, 11) is 0. The Labute approximate surface area is 112 Å². The van der Waals surface area contributed by atoms with E-state index in [-0.39, 0.29) is 0 Å². The molecule has 1 aromatic heterocycles. The van der Waals surface area contributed by atoms with E-state index in [0.29, 0.717) is 11.5 Å². The molecule has 2 rings (SSSR count). The Morgan fingerprint density at radius 3 is 2.89 bits per heavy atom. The van der Waals surface area contributed by atoms with Crippen LogP contribution in [0.5, 0.6) is 0 Å². The molecule has 0 radical (unpaired) electrons. The second kappa shape index (κ2) is 5.88. The fraction of sp³-hybridized carbons (Fsp3) is 0.333. The molecule has 18 heavy (non-hydrogen) atoms. The monoisotopic (exact) mass is 256 g/mol. The summed E-state index contributed by atoms with van der Waals surface area (Å²) in [5.41, 5.74) is 1.62. The van der Waals surface area contributed by atoms with Gasteiger partial charge in [0.1, 0.15) is 0 Å². The molecule has 0 aliphatic carbocycles. The van der Waals surface area contributed by atoms with Crippen molar-refractivity contribution in [2.45, 2.75) is 25.3 Å². The molecule has 0 saturated heterocycles. The van der Waals surface area contributed by atoms with Crippen molar-refractivity contribution in [2.75, 3.05) is 5.75 Å². The summed E-state index contributed by atoms with van der Waals surface area (Å²) in [5, 5.41) is 11.1. The lowest BCUT2D eigenvalue weighted by molar-refractivity contribution is 0.636. The van der Waals surface area contributed by atoms with Gasteiger partial charge in [0.05, 0.1) is 22.2 Å². The maximum atomic E-state index is 9.20. The van der Waals surface area contributed by atoms with Gasteiger partial charge in [0.15, 0.2) is 0 Å². The maximum absolute atomic E-state index is 9.20. The topological polar surface area (TPSA) is 36.7 Å². The van der Waals surface area contributed by atoms with Crippen LogP contribution in [0.15, 0.2) is 35.4 Å². The molecule has 0 saturated carbocycles. The van der Waals surface area contributed by atoms with Crippen molar-refractivity contribution in [3.8, 4) is 6.07 Å². The summed E-state index contributed by atoms with van der Waals surface area (Å²) >= 11 is 1.74. The second-order valence-corrected chi connectivity index (χ2v) is 5.50. The lowest BCUT2D eigenvalue weighted by Crippen LogP contribution is -1.96. The molecular formula is C15H16N2S. The first-order valence-corrected chi connectivity index (χ1v) is 7.15. The molecule has 0 aliphatic rings. The molecule has 1 atom stereocenters. The van der Waals surface area contributed by atoms with Crippen molar-refractivity contribution in [2.24, 2.45) is 5.92 Å². The van der Waals surface area contributed by atoms with Crippen LogP contribution >= 0.6 is 11.8 Å². The number of benzene rings is 1. The van der Waals surface area contributed by atoms with Gasteiger partial charge in [-0.25, -0.2) is 4.98 Å². The fourth-order valence-electron chi connectivity index (χ4n) is 1.66. The first-order valence-electron chi connectivity index (χ1n) is 6.17. The molecule has 0 aliphatic heterocycles. The smallest absolute Gasteiger partial charge is 0.0999 e. The fourth-order valence-corrected chi connectivity index (χ4v) is 2.72. The summed E-state index contributed by atoms with van der Waals surface area (Å²) in [5.74, 6) is 1.72. The van der Waals surface area contributed by atoms with E-state index < -0.39 is 0 Å². The van der Waals surface area contributed by atoms with Crippen LogP contribution in [0.1, 0.15) is 25.8 Å². The predicted octanol–water partition coefficient (Wildman–Crippen LogP) is 4.24. The first-order chi connectivity index (χ1) is 8.74. The van der Waals surface area contributed by atoms with E-state index in [9.17, 15) is 5.26 Å². The van der Waals surface area contributed by atoms with E-state index in [1.807, 2.05) is 30.3 Å². The maximum Gasteiger partial charge on any atom is 0.0999 e. The van der Waals surface area contributed by atoms with Crippen molar-refractivity contribution in [1.29, 1.82) is 5.26 Å². The van der Waals surface area contributed by atoms with Crippen LogP contribution in [0.25, 0.3) is 10.9 Å². The Morgan fingerprint density at radius 2 is 2.17 bits per heavy atom. The van der Waals surface area contributed by atoms with E-state index in [0.717, 1.165) is 21.7 Å². The van der Waals surface area contributed by atoms with E-state index in [1.165, 1.54) is 6.42 Å². The van der Waals surface area contributed by atoms with Gasteiger partial charge in [0, 0.05) is 11.1 Å². The standard InChI is InChI=1S/C15H16N2S/c1-3-11(2)10-18-15-8-12(9-16)13-6-4-5-7-14(13)17-15/h4-8,11H,3,10H2,1-2H3. The van der Waals surface area contributed by atoms with Gasteiger partial charge in [0.2, 0.25) is 0 Å². The lowest BCUT2D eigenvalue weighted by Gasteiger charge is -2.08. The third-order valence-electron chi connectivity index (χ3n) is 3.03. The van der Waals surface area contributed by atoms with Gasteiger partial charge in [0.25, 0.3) is 0 Å². The summed E-state index contributed by atoms with van der Waals surface area (Å²) in [6, 6.07) is 12.0. The third kappa shape index (κ3) is 2.83. The second-order valence-electron chi connectivity index (χ2n) is 4.46. The molecule has 1 heterocycles. The molecule has 1 aromatic carbocycles. The molecule has 0 bridgehead atoms. The molecule has 92 valence electrons. The molecule has 0 fully saturated rings. The van der Waals surface area contributed by atoms with Gasteiger partial charge in [-0.05, 0) is 18.1 Å². The van der Waals surface area contributed by atoms with Crippen molar-refractivity contribution in [3.05, 3.63) is 35.9 Å². The Balaban J connectivity index is 2.33. The Morgan fingerprint density at radius 1 is 1.39 bits per heavy atom. The number of hydrogen-bond acceptors (Lipinski definition) is 3. The average Bonchev–Trinajstić information content (AvgIpc) is 2.43. The number of nitrogens with zero attached hydrogens (tertiary/aromatic N) is 2. The van der Waals surface area contributed by atoms with E-state index in [4.69, 9.17) is 0 Å². The Bertz CT molecular complexity index is 587. The van der Waals surface area contributed by atoms with Crippen molar-refractivity contribution in [1.82, 2.24) is 4.98 Å². The summed E-state index contributed by atoms with van der Waals surface area (Å²) in [6.45, 7) is 4.43. The molecule has 3 heteroatoms. The number of rotatable bonds is 4. The average molecular weight is 256 g/mol. The van der Waals surface area contributed by atoms with Gasteiger partial charge < -0.3 is 0 Å². The quantitative estimate of drug-likeness (QED) is 0.767. The first kappa shape index (κ1) is 12.9. The molecule has 1 unspecified atom stereocenters. The van der Waals surface area contributed by atoms with Gasteiger partial charge in [-0.15, -0.1) is 11.8 Å². The Kier molecular flexibility index (Phi) is 4.22. The van der Waals surface area contributed by atoms with Crippen LogP contribution in [-0.2, 0) is 0 Å². The van der Waals surface area contributed by atoms with Crippen molar-refractivity contribution >= 4 is 22.7 Å². The molecule has 2 aromatic rings. The van der Waals surface area contributed by atoms with Gasteiger partial charge in [-0.3, -0.25) is 0 Å². The molecule has 0 amide bonds. The minimum atomic E-state index is 0.675. The number of aromatic nitrogens is 1. The largest absolute Gasteiger partial charge is 0.241 e. The van der Waals surface area contributed by atoms with Crippen LogP contribution in [0.3, 0.4) is 0 Å². The number of hydrogen-bond donors (Lipinski definition) is 0. The number of para-hydroxylation sites is 1. The van der Waals surface area contributed by atoms with Gasteiger partial charge >= 0.3 is 0 Å².